The minimum absolute atomic E-state index is 0.222. The van der Waals surface area contributed by atoms with Gasteiger partial charge < -0.3 is 25.2 Å². The Hall–Kier alpha value is -3.77. The number of aromatic nitrogens is 2. The maximum atomic E-state index is 11.7. The minimum Gasteiger partial charge on any atom is -0.380 e. The molecule has 3 aromatic rings. The number of benzene rings is 2. The molecule has 3 unspecified atom stereocenters. The molecule has 6 nitrogen and oxygen atoms in total. The number of H-pyrrole nitrogens is 1. The number of aliphatic hydroxyl groups excluding tert-OH is 1. The van der Waals surface area contributed by atoms with E-state index in [9.17, 15) is 5.11 Å². The Labute approximate surface area is 199 Å². The molecule has 6 rings (SSSR count). The van der Waals surface area contributed by atoms with Crippen molar-refractivity contribution >= 4 is 23.0 Å². The van der Waals surface area contributed by atoms with E-state index in [1.165, 1.54) is 11.1 Å². The molecule has 1 aliphatic carbocycles. The molecule has 3 heterocycles. The zero-order chi connectivity index (χ0) is 23.1. The summed E-state index contributed by atoms with van der Waals surface area (Å²) < 4.78 is 0. The first-order valence-electron chi connectivity index (χ1n) is 11.9. The van der Waals surface area contributed by atoms with E-state index >= 15 is 0 Å². The minimum atomic E-state index is -0.732. The highest BCUT2D eigenvalue weighted by atomic mass is 16.3. The third-order valence-electron chi connectivity index (χ3n) is 7.12. The molecule has 0 spiro atoms. The number of nitrogens with one attached hydrogen (secondary N) is 2. The molecule has 172 valence electrons. The Kier molecular flexibility index (Phi) is 5.23. The largest absolute Gasteiger partial charge is 0.380 e. The van der Waals surface area contributed by atoms with Gasteiger partial charge in [0.05, 0.1) is 42.7 Å². The van der Waals surface area contributed by atoms with Gasteiger partial charge >= 0.3 is 0 Å². The van der Waals surface area contributed by atoms with Gasteiger partial charge in [0.15, 0.2) is 6.23 Å². The molecule has 1 aromatic heterocycles. The van der Waals surface area contributed by atoms with Crippen molar-refractivity contribution in [2.75, 3.05) is 16.5 Å². The van der Waals surface area contributed by atoms with E-state index in [4.69, 9.17) is 0 Å². The van der Waals surface area contributed by atoms with Crippen LogP contribution in [0.1, 0.15) is 41.8 Å². The van der Waals surface area contributed by atoms with Crippen LogP contribution in [0, 0.1) is 5.92 Å². The number of allylic oxidation sites excluding steroid dienone is 4. The Morgan fingerprint density at radius 1 is 1.18 bits per heavy atom. The third kappa shape index (κ3) is 3.60. The third-order valence-corrected chi connectivity index (χ3v) is 7.12. The topological polar surface area (TPSA) is 67.4 Å². The zero-order valence-corrected chi connectivity index (χ0v) is 19.2. The van der Waals surface area contributed by atoms with Crippen molar-refractivity contribution in [1.29, 1.82) is 0 Å². The van der Waals surface area contributed by atoms with Crippen molar-refractivity contribution in [2.45, 2.75) is 32.2 Å². The summed E-state index contributed by atoms with van der Waals surface area (Å²) in [6, 6.07) is 14.7. The predicted molar refractivity (Wildman–Crippen MR) is 137 cm³/mol. The summed E-state index contributed by atoms with van der Waals surface area (Å²) in [5, 5.41) is 15.1. The molecule has 3 atom stereocenters. The molecule has 0 amide bonds. The Morgan fingerprint density at radius 3 is 2.94 bits per heavy atom. The molecular formula is C28H29N5O. The van der Waals surface area contributed by atoms with Crippen LogP contribution in [0.5, 0.6) is 0 Å². The highest BCUT2D eigenvalue weighted by Gasteiger charge is 2.36. The van der Waals surface area contributed by atoms with Crippen molar-refractivity contribution in [3.8, 4) is 0 Å². The lowest BCUT2D eigenvalue weighted by Gasteiger charge is -2.35. The second-order valence-corrected chi connectivity index (χ2v) is 9.30. The van der Waals surface area contributed by atoms with Gasteiger partial charge in [-0.3, -0.25) is 0 Å². The van der Waals surface area contributed by atoms with Gasteiger partial charge in [-0.15, -0.1) is 0 Å². The average molecular weight is 452 g/mol. The van der Waals surface area contributed by atoms with Crippen molar-refractivity contribution in [2.24, 2.45) is 5.92 Å². The molecule has 34 heavy (non-hydrogen) atoms. The number of rotatable bonds is 5. The van der Waals surface area contributed by atoms with Crippen LogP contribution < -0.4 is 15.1 Å². The summed E-state index contributed by atoms with van der Waals surface area (Å²) in [6.45, 7) is 3.57. The van der Waals surface area contributed by atoms with Crippen molar-refractivity contribution in [3.05, 3.63) is 102 Å². The molecular weight excluding hydrogens is 422 g/mol. The van der Waals surface area contributed by atoms with Crippen LogP contribution in [-0.4, -0.2) is 28.0 Å². The number of anilines is 2. The summed E-state index contributed by atoms with van der Waals surface area (Å²) in [5.74, 6) is 0.473. The standard InChI is InChI=1S/C28H29N5O/c1-19-6-2-4-8-23(19)21-10-11-25-26(14-21)33(18-32(25)16-22-15-29-17-31-22)28(34)27-24-9-5-3-7-20(24)12-13-30-27/h2-5,7-15,17,19,27-28,30,34H,6,16,18H2,1H3,(H,29,31). The lowest BCUT2D eigenvalue weighted by molar-refractivity contribution is 0.129. The summed E-state index contributed by atoms with van der Waals surface area (Å²) in [4.78, 5) is 11.8. The molecule has 0 radical (unpaired) electrons. The van der Waals surface area contributed by atoms with Crippen LogP contribution in [-0.2, 0) is 6.54 Å². The molecule has 2 aromatic carbocycles. The molecule has 0 saturated carbocycles. The Balaban J connectivity index is 1.38. The molecule has 0 bridgehead atoms. The molecule has 3 aliphatic rings. The van der Waals surface area contributed by atoms with Gasteiger partial charge in [0.1, 0.15) is 0 Å². The second kappa shape index (κ2) is 8.54. The number of fused-ring (bicyclic) bond motifs is 2. The van der Waals surface area contributed by atoms with E-state index in [1.807, 2.05) is 24.5 Å². The van der Waals surface area contributed by atoms with E-state index in [-0.39, 0.29) is 6.04 Å². The summed E-state index contributed by atoms with van der Waals surface area (Å²) in [5.41, 5.74) is 8.03. The number of nitrogens with zero attached hydrogens (tertiary/aromatic N) is 3. The number of hydrogen-bond acceptors (Lipinski definition) is 5. The number of aliphatic hydroxyl groups is 1. The molecule has 0 fully saturated rings. The summed E-state index contributed by atoms with van der Waals surface area (Å²) in [7, 11) is 0. The first kappa shape index (κ1) is 20.8. The molecule has 2 aliphatic heterocycles. The summed E-state index contributed by atoms with van der Waals surface area (Å²) in [6.07, 6.45) is 14.5. The maximum Gasteiger partial charge on any atom is 0.152 e. The number of hydrogen-bond donors (Lipinski definition) is 3. The van der Waals surface area contributed by atoms with Crippen LogP contribution in [0.15, 0.2) is 79.4 Å². The predicted octanol–water partition coefficient (Wildman–Crippen LogP) is 4.81. The van der Waals surface area contributed by atoms with Crippen molar-refractivity contribution in [1.82, 2.24) is 15.3 Å². The van der Waals surface area contributed by atoms with Gasteiger partial charge in [-0.2, -0.15) is 0 Å². The van der Waals surface area contributed by atoms with Crippen LogP contribution >= 0.6 is 0 Å². The smallest absolute Gasteiger partial charge is 0.152 e. The number of aromatic amines is 1. The van der Waals surface area contributed by atoms with E-state index in [0.717, 1.165) is 34.6 Å². The molecule has 3 N–H and O–H groups in total. The van der Waals surface area contributed by atoms with Crippen LogP contribution in [0.2, 0.25) is 0 Å². The zero-order valence-electron chi connectivity index (χ0n) is 19.2. The first-order valence-corrected chi connectivity index (χ1v) is 11.9. The van der Waals surface area contributed by atoms with E-state index in [2.05, 4.69) is 86.6 Å². The summed E-state index contributed by atoms with van der Waals surface area (Å²) >= 11 is 0. The fraction of sp³-hybridized carbons (Fsp3) is 0.250. The fourth-order valence-electron chi connectivity index (χ4n) is 5.31. The maximum absolute atomic E-state index is 11.7. The van der Waals surface area contributed by atoms with Crippen molar-refractivity contribution in [3.63, 3.8) is 0 Å². The fourth-order valence-corrected chi connectivity index (χ4v) is 5.31. The lowest BCUT2D eigenvalue weighted by Crippen LogP contribution is -2.46. The second-order valence-electron chi connectivity index (χ2n) is 9.30. The lowest BCUT2D eigenvalue weighted by atomic mass is 9.88. The van der Waals surface area contributed by atoms with Gasteiger partial charge in [-0.05, 0) is 59.0 Å². The van der Waals surface area contributed by atoms with Crippen molar-refractivity contribution < 1.29 is 5.11 Å². The van der Waals surface area contributed by atoms with E-state index < -0.39 is 6.23 Å². The quantitative estimate of drug-likeness (QED) is 0.520. The number of imidazole rings is 1. The Bertz CT molecular complexity index is 1280. The van der Waals surface area contributed by atoms with Gasteiger partial charge in [-0.1, -0.05) is 55.5 Å². The van der Waals surface area contributed by atoms with E-state index in [0.29, 0.717) is 19.1 Å². The molecule has 6 heteroatoms. The van der Waals surface area contributed by atoms with Gasteiger partial charge in [0.25, 0.3) is 0 Å². The van der Waals surface area contributed by atoms with Crippen LogP contribution in [0.25, 0.3) is 11.6 Å². The average Bonchev–Trinajstić information content (AvgIpc) is 3.51. The van der Waals surface area contributed by atoms with Crippen LogP contribution in [0.4, 0.5) is 11.4 Å². The van der Waals surface area contributed by atoms with E-state index in [1.54, 1.807) is 6.33 Å². The van der Waals surface area contributed by atoms with Gasteiger partial charge in [0, 0.05) is 6.20 Å². The SMILES string of the molecule is CC1CC=CC=C1c1ccc2c(c1)N(C(O)C1NC=Cc3ccccc31)CN2Cc1cnc[nH]1. The van der Waals surface area contributed by atoms with Gasteiger partial charge in [-0.25, -0.2) is 4.98 Å². The first-order chi connectivity index (χ1) is 16.7. The highest BCUT2D eigenvalue weighted by Crippen LogP contribution is 2.43. The monoisotopic (exact) mass is 451 g/mol. The van der Waals surface area contributed by atoms with Crippen LogP contribution in [0.3, 0.4) is 0 Å². The normalized spacial score (nSPS) is 21.6. The Morgan fingerprint density at radius 2 is 2.09 bits per heavy atom. The van der Waals surface area contributed by atoms with Gasteiger partial charge in [0.2, 0.25) is 0 Å². The molecule has 0 saturated heterocycles. The highest BCUT2D eigenvalue weighted by molar-refractivity contribution is 5.82.